The van der Waals surface area contributed by atoms with Crippen LogP contribution < -0.4 is 10.9 Å². The van der Waals surface area contributed by atoms with Crippen LogP contribution in [0.4, 0.5) is 10.2 Å². The minimum atomic E-state index is -0.348. The number of aryl methyl sites for hydroxylation is 1. The molecule has 0 unspecified atom stereocenters. The van der Waals surface area contributed by atoms with Crippen molar-refractivity contribution in [3.05, 3.63) is 80.4 Å². The van der Waals surface area contributed by atoms with Crippen molar-refractivity contribution in [2.75, 3.05) is 18.5 Å². The van der Waals surface area contributed by atoms with Gasteiger partial charge in [0.2, 0.25) is 0 Å². The molecule has 0 bridgehead atoms. The second kappa shape index (κ2) is 11.3. The fourth-order valence-electron chi connectivity index (χ4n) is 3.66. The third-order valence-electron chi connectivity index (χ3n) is 5.47. The number of aromatic nitrogens is 2. The van der Waals surface area contributed by atoms with Crippen molar-refractivity contribution in [1.82, 2.24) is 14.3 Å². The number of hydrogen-bond donors (Lipinski definition) is 1. The van der Waals surface area contributed by atoms with E-state index in [0.29, 0.717) is 33.8 Å². The highest BCUT2D eigenvalue weighted by atomic mass is 32.2. The number of carbonyl (C=O) groups excluding carboxylic acids is 1. The van der Waals surface area contributed by atoms with Gasteiger partial charge in [-0.2, -0.15) is 0 Å². The summed E-state index contributed by atoms with van der Waals surface area (Å²) in [7, 11) is 0. The average molecular weight is 527 g/mol. The fourth-order valence-corrected chi connectivity index (χ4v) is 4.90. The van der Waals surface area contributed by atoms with Gasteiger partial charge in [-0.15, -0.1) is 0 Å². The molecule has 1 amide bonds. The van der Waals surface area contributed by atoms with E-state index in [9.17, 15) is 14.0 Å². The summed E-state index contributed by atoms with van der Waals surface area (Å²) in [5.41, 5.74) is 2.17. The van der Waals surface area contributed by atoms with Gasteiger partial charge < -0.3 is 10.1 Å². The predicted octanol–water partition coefficient (Wildman–Crippen LogP) is 4.77. The molecule has 1 aromatic carbocycles. The van der Waals surface area contributed by atoms with Crippen LogP contribution in [0.5, 0.6) is 0 Å². The maximum atomic E-state index is 13.5. The molecule has 1 aliphatic heterocycles. The number of anilines is 1. The van der Waals surface area contributed by atoms with Gasteiger partial charge in [0.15, 0.2) is 0 Å². The molecular weight excluding hydrogens is 499 g/mol. The molecule has 0 radical (unpaired) electrons. The van der Waals surface area contributed by atoms with Crippen LogP contribution in [0.2, 0.25) is 0 Å². The Kier molecular flexibility index (Phi) is 8.17. The van der Waals surface area contributed by atoms with Crippen LogP contribution >= 0.6 is 24.0 Å². The highest BCUT2D eigenvalue weighted by Gasteiger charge is 2.32. The lowest BCUT2D eigenvalue weighted by Crippen LogP contribution is -2.27. The minimum Gasteiger partial charge on any atom is -0.379 e. The third-order valence-corrected chi connectivity index (χ3v) is 6.85. The van der Waals surface area contributed by atoms with Crippen molar-refractivity contribution in [3.63, 3.8) is 0 Å². The number of amides is 1. The zero-order valence-electron chi connectivity index (χ0n) is 20.3. The number of carbonyl (C=O) groups is 1. The van der Waals surface area contributed by atoms with Gasteiger partial charge >= 0.3 is 0 Å². The molecule has 3 heterocycles. The number of halogens is 1. The molecule has 36 heavy (non-hydrogen) atoms. The summed E-state index contributed by atoms with van der Waals surface area (Å²) in [5, 5.41) is 3.24. The summed E-state index contributed by atoms with van der Waals surface area (Å²) in [6.45, 7) is 7.20. The Balaban J connectivity index is 1.65. The first-order valence-electron chi connectivity index (χ1n) is 11.6. The van der Waals surface area contributed by atoms with Crippen LogP contribution in [-0.4, -0.2) is 43.8 Å². The quantitative estimate of drug-likeness (QED) is 0.245. The van der Waals surface area contributed by atoms with E-state index >= 15 is 0 Å². The van der Waals surface area contributed by atoms with Gasteiger partial charge in [-0.25, -0.2) is 9.37 Å². The lowest BCUT2D eigenvalue weighted by atomic mass is 10.2. The van der Waals surface area contributed by atoms with Crippen molar-refractivity contribution in [2.24, 2.45) is 0 Å². The molecule has 4 rings (SSSR count). The highest BCUT2D eigenvalue weighted by Crippen LogP contribution is 2.34. The predicted molar refractivity (Wildman–Crippen MR) is 146 cm³/mol. The average Bonchev–Trinajstić information content (AvgIpc) is 3.10. The molecule has 7 nitrogen and oxygen atoms in total. The number of pyridine rings is 1. The highest BCUT2D eigenvalue weighted by molar-refractivity contribution is 8.26. The van der Waals surface area contributed by atoms with Crippen LogP contribution in [0.25, 0.3) is 11.7 Å². The lowest BCUT2D eigenvalue weighted by molar-refractivity contribution is -0.122. The summed E-state index contributed by atoms with van der Waals surface area (Å²) in [6, 6.07) is 9.60. The molecule has 2 aromatic heterocycles. The number of ether oxygens (including phenoxy) is 1. The summed E-state index contributed by atoms with van der Waals surface area (Å²) in [6.07, 6.45) is 4.15. The third kappa shape index (κ3) is 6.00. The molecular formula is C26H27FN4O3S2. The van der Waals surface area contributed by atoms with Gasteiger partial charge in [-0.05, 0) is 62.6 Å². The van der Waals surface area contributed by atoms with Gasteiger partial charge in [-0.1, -0.05) is 42.2 Å². The zero-order valence-corrected chi connectivity index (χ0v) is 21.9. The van der Waals surface area contributed by atoms with Gasteiger partial charge in [0.05, 0.1) is 23.1 Å². The van der Waals surface area contributed by atoms with Crippen LogP contribution in [-0.2, 0) is 16.1 Å². The second-order valence-corrected chi connectivity index (χ2v) is 10.4. The number of nitrogens with one attached hydrogen (secondary N) is 1. The largest absolute Gasteiger partial charge is 0.379 e. The van der Waals surface area contributed by atoms with Gasteiger partial charge in [-0.3, -0.25) is 18.9 Å². The fraction of sp³-hybridized carbons (Fsp3) is 0.308. The Hall–Kier alpha value is -3.08. The van der Waals surface area contributed by atoms with Crippen molar-refractivity contribution in [1.29, 1.82) is 0 Å². The van der Waals surface area contributed by atoms with E-state index in [1.807, 2.05) is 26.8 Å². The number of rotatable bonds is 9. The maximum Gasteiger partial charge on any atom is 0.267 e. The van der Waals surface area contributed by atoms with Crippen molar-refractivity contribution < 1.29 is 13.9 Å². The Bertz CT molecular complexity index is 1390. The van der Waals surface area contributed by atoms with E-state index in [0.717, 1.165) is 29.3 Å². The smallest absolute Gasteiger partial charge is 0.267 e. The number of thioether (sulfide) groups is 1. The molecule has 0 atom stereocenters. The van der Waals surface area contributed by atoms with E-state index in [4.69, 9.17) is 17.0 Å². The summed E-state index contributed by atoms with van der Waals surface area (Å²) >= 11 is 6.57. The van der Waals surface area contributed by atoms with Gasteiger partial charge in [0.1, 0.15) is 21.6 Å². The SMILES string of the molecule is Cc1ccc2nc(NCCCOC(C)C)c(/C=C3\SC(=S)N(Cc4ccc(F)cc4)C3=O)c(=O)n2c1. The van der Waals surface area contributed by atoms with Crippen LogP contribution in [0, 0.1) is 12.7 Å². The standard InChI is InChI=1S/C26H27FN4O3S2/c1-16(2)34-12-4-11-28-23-20(24(32)30-14-17(3)5-10-22(30)29-23)13-21-25(33)31(26(35)36-21)15-18-6-8-19(27)9-7-18/h5-10,13-14,16,28H,4,11-12,15H2,1-3H3/b21-13-. The topological polar surface area (TPSA) is 75.9 Å². The minimum absolute atomic E-state index is 0.143. The Labute approximate surface area is 218 Å². The molecule has 10 heteroatoms. The van der Waals surface area contributed by atoms with E-state index in [1.54, 1.807) is 30.5 Å². The second-order valence-electron chi connectivity index (χ2n) is 8.71. The molecule has 1 N–H and O–H groups in total. The Morgan fingerprint density at radius 3 is 2.67 bits per heavy atom. The van der Waals surface area contributed by atoms with Crippen molar-refractivity contribution in [2.45, 2.75) is 39.8 Å². The molecule has 0 aliphatic carbocycles. The molecule has 1 fully saturated rings. The van der Waals surface area contributed by atoms with Crippen LogP contribution in [0.3, 0.4) is 0 Å². The molecule has 188 valence electrons. The zero-order chi connectivity index (χ0) is 25.8. The first-order valence-corrected chi connectivity index (χ1v) is 12.8. The van der Waals surface area contributed by atoms with E-state index < -0.39 is 0 Å². The molecule has 3 aromatic rings. The molecule has 0 saturated carbocycles. The lowest BCUT2D eigenvalue weighted by Gasteiger charge is -2.14. The van der Waals surface area contributed by atoms with E-state index in [-0.39, 0.29) is 35.5 Å². The first-order chi connectivity index (χ1) is 17.2. The van der Waals surface area contributed by atoms with Crippen LogP contribution in [0.1, 0.15) is 37.0 Å². The molecule has 0 spiro atoms. The summed E-state index contributed by atoms with van der Waals surface area (Å²) < 4.78 is 20.7. The number of nitrogens with zero attached hydrogens (tertiary/aromatic N) is 3. The molecule has 1 aliphatic rings. The number of benzene rings is 1. The van der Waals surface area contributed by atoms with E-state index in [2.05, 4.69) is 10.3 Å². The van der Waals surface area contributed by atoms with Crippen molar-refractivity contribution >= 4 is 51.7 Å². The van der Waals surface area contributed by atoms with Crippen molar-refractivity contribution in [3.8, 4) is 0 Å². The first kappa shape index (κ1) is 26.0. The normalized spacial score (nSPS) is 15.0. The summed E-state index contributed by atoms with van der Waals surface area (Å²) in [5.74, 6) is -0.254. The van der Waals surface area contributed by atoms with Gasteiger partial charge in [0, 0.05) is 19.3 Å². The number of hydrogen-bond acceptors (Lipinski definition) is 7. The summed E-state index contributed by atoms with van der Waals surface area (Å²) in [4.78, 5) is 33.1. The Morgan fingerprint density at radius 2 is 1.94 bits per heavy atom. The number of fused-ring (bicyclic) bond motifs is 1. The monoisotopic (exact) mass is 526 g/mol. The number of thiocarbonyl (C=S) groups is 1. The molecule has 1 saturated heterocycles. The Morgan fingerprint density at radius 1 is 1.19 bits per heavy atom. The maximum absolute atomic E-state index is 13.5. The van der Waals surface area contributed by atoms with Gasteiger partial charge in [0.25, 0.3) is 11.5 Å². The van der Waals surface area contributed by atoms with E-state index in [1.165, 1.54) is 21.4 Å². The van der Waals surface area contributed by atoms with Crippen LogP contribution in [0.15, 0.2) is 52.3 Å².